The van der Waals surface area contributed by atoms with Gasteiger partial charge in [-0.3, -0.25) is 4.79 Å². The number of amides is 1. The summed E-state index contributed by atoms with van der Waals surface area (Å²) >= 11 is 0. The minimum absolute atomic E-state index is 0.195. The first-order valence-electron chi connectivity index (χ1n) is 5.21. The topological polar surface area (TPSA) is 67.2 Å². The van der Waals surface area contributed by atoms with E-state index in [9.17, 15) is 4.79 Å². The Morgan fingerprint density at radius 1 is 1.35 bits per heavy atom. The summed E-state index contributed by atoms with van der Waals surface area (Å²) in [6.07, 6.45) is 1.41. The van der Waals surface area contributed by atoms with Crippen molar-refractivity contribution in [2.75, 3.05) is 17.7 Å². The molecule has 5 nitrogen and oxygen atoms in total. The molecular formula is C12H13N3O2. The Kier molecular flexibility index (Phi) is 3.09. The zero-order chi connectivity index (χ0) is 12.3. The number of rotatable bonds is 3. The average Bonchev–Trinajstić information content (AvgIpc) is 2.81. The van der Waals surface area contributed by atoms with Gasteiger partial charge in [0.15, 0.2) is 5.82 Å². The molecule has 0 atom stereocenters. The summed E-state index contributed by atoms with van der Waals surface area (Å²) in [5.41, 5.74) is 2.49. The van der Waals surface area contributed by atoms with Crippen molar-refractivity contribution >= 4 is 17.4 Å². The third-order valence-corrected chi connectivity index (χ3v) is 2.44. The van der Waals surface area contributed by atoms with Crippen LogP contribution in [0.4, 0.5) is 11.5 Å². The van der Waals surface area contributed by atoms with Gasteiger partial charge in [0, 0.05) is 24.4 Å². The van der Waals surface area contributed by atoms with Gasteiger partial charge in [0.05, 0.1) is 0 Å². The van der Waals surface area contributed by atoms with Crippen LogP contribution in [-0.4, -0.2) is 18.1 Å². The molecule has 88 valence electrons. The maximum Gasteiger partial charge on any atom is 0.257 e. The lowest BCUT2D eigenvalue weighted by Gasteiger charge is -2.07. The molecule has 0 bridgehead atoms. The fourth-order valence-corrected chi connectivity index (χ4v) is 1.53. The molecule has 0 unspecified atom stereocenters. The summed E-state index contributed by atoms with van der Waals surface area (Å²) in [4.78, 5) is 11.9. The van der Waals surface area contributed by atoms with E-state index in [1.807, 2.05) is 26.1 Å². The van der Waals surface area contributed by atoms with Gasteiger partial charge < -0.3 is 15.2 Å². The van der Waals surface area contributed by atoms with E-state index in [0.717, 1.165) is 11.3 Å². The highest BCUT2D eigenvalue weighted by molar-refractivity contribution is 6.04. The normalized spacial score (nSPS) is 10.0. The van der Waals surface area contributed by atoms with Crippen molar-refractivity contribution in [2.45, 2.75) is 6.92 Å². The minimum atomic E-state index is -0.195. The second-order valence-corrected chi connectivity index (χ2v) is 3.62. The second kappa shape index (κ2) is 4.69. The van der Waals surface area contributed by atoms with Crippen LogP contribution in [-0.2, 0) is 0 Å². The number of carbonyl (C=O) groups excluding carboxylic acids is 1. The summed E-state index contributed by atoms with van der Waals surface area (Å²) in [6, 6.07) is 7.13. The Hall–Kier alpha value is -2.30. The third-order valence-electron chi connectivity index (χ3n) is 2.44. The van der Waals surface area contributed by atoms with Gasteiger partial charge >= 0.3 is 0 Å². The van der Waals surface area contributed by atoms with Gasteiger partial charge in [-0.25, -0.2) is 0 Å². The van der Waals surface area contributed by atoms with Crippen LogP contribution < -0.4 is 10.6 Å². The van der Waals surface area contributed by atoms with Crippen LogP contribution in [0.3, 0.4) is 0 Å². The van der Waals surface area contributed by atoms with Crippen molar-refractivity contribution in [1.29, 1.82) is 0 Å². The van der Waals surface area contributed by atoms with E-state index in [1.54, 1.807) is 12.1 Å². The van der Waals surface area contributed by atoms with E-state index < -0.39 is 0 Å². The Morgan fingerprint density at radius 2 is 2.18 bits per heavy atom. The molecule has 0 radical (unpaired) electrons. The molecule has 17 heavy (non-hydrogen) atoms. The van der Waals surface area contributed by atoms with Crippen molar-refractivity contribution in [2.24, 2.45) is 0 Å². The van der Waals surface area contributed by atoms with Gasteiger partial charge in [-0.2, -0.15) is 0 Å². The first-order valence-corrected chi connectivity index (χ1v) is 5.21. The maximum absolute atomic E-state index is 11.9. The summed E-state index contributed by atoms with van der Waals surface area (Å²) in [5.74, 6) is 0.214. The number of nitrogens with zero attached hydrogens (tertiary/aromatic N) is 1. The number of aryl methyl sites for hydroxylation is 1. The van der Waals surface area contributed by atoms with Gasteiger partial charge in [0.25, 0.3) is 5.91 Å². The summed E-state index contributed by atoms with van der Waals surface area (Å²) in [7, 11) is 1.84. The van der Waals surface area contributed by atoms with E-state index in [1.165, 1.54) is 6.26 Å². The highest BCUT2D eigenvalue weighted by Gasteiger charge is 2.10. The molecule has 2 aromatic rings. The van der Waals surface area contributed by atoms with E-state index in [-0.39, 0.29) is 5.91 Å². The Balaban J connectivity index is 2.19. The van der Waals surface area contributed by atoms with Crippen LogP contribution in [0.25, 0.3) is 0 Å². The lowest BCUT2D eigenvalue weighted by atomic mass is 10.1. The lowest BCUT2D eigenvalue weighted by molar-refractivity contribution is 0.102. The number of hydrogen-bond donors (Lipinski definition) is 2. The minimum Gasteiger partial charge on any atom is -0.388 e. The molecule has 0 saturated carbocycles. The third kappa shape index (κ3) is 2.44. The highest BCUT2D eigenvalue weighted by atomic mass is 16.5. The number of aromatic nitrogens is 1. The van der Waals surface area contributed by atoms with Crippen molar-refractivity contribution < 1.29 is 9.32 Å². The quantitative estimate of drug-likeness (QED) is 0.850. The second-order valence-electron chi connectivity index (χ2n) is 3.62. The van der Waals surface area contributed by atoms with Crippen LogP contribution in [0.15, 0.2) is 35.1 Å². The number of carbonyl (C=O) groups is 1. The van der Waals surface area contributed by atoms with Crippen molar-refractivity contribution in [3.63, 3.8) is 0 Å². The number of hydrogen-bond acceptors (Lipinski definition) is 4. The van der Waals surface area contributed by atoms with Crippen LogP contribution in [0, 0.1) is 6.92 Å². The smallest absolute Gasteiger partial charge is 0.257 e. The predicted molar refractivity (Wildman–Crippen MR) is 65.2 cm³/mol. The molecule has 0 aliphatic rings. The molecule has 0 spiro atoms. The molecule has 0 saturated heterocycles. The van der Waals surface area contributed by atoms with Crippen LogP contribution in [0.5, 0.6) is 0 Å². The van der Waals surface area contributed by atoms with Crippen LogP contribution >= 0.6 is 0 Å². The van der Waals surface area contributed by atoms with E-state index in [4.69, 9.17) is 0 Å². The zero-order valence-electron chi connectivity index (χ0n) is 9.65. The largest absolute Gasteiger partial charge is 0.388 e. The molecule has 2 N–H and O–H groups in total. The number of benzene rings is 1. The van der Waals surface area contributed by atoms with E-state index >= 15 is 0 Å². The zero-order valence-corrected chi connectivity index (χ0v) is 9.65. The molecule has 0 aliphatic carbocycles. The van der Waals surface area contributed by atoms with E-state index in [0.29, 0.717) is 11.4 Å². The Labute approximate surface area is 98.8 Å². The number of nitrogens with one attached hydrogen (secondary N) is 2. The van der Waals surface area contributed by atoms with Gasteiger partial charge in [-0.05, 0) is 30.7 Å². The fraction of sp³-hybridized carbons (Fsp3) is 0.167. The standard InChI is InChI=1S/C12H13N3O2/c1-8-7-9(13-2)3-4-10(8)12(16)14-11-5-6-17-15-11/h3-7,13H,1-2H3,(H,14,15,16). The molecule has 1 aromatic heterocycles. The number of anilines is 2. The summed E-state index contributed by atoms with van der Waals surface area (Å²) in [5, 5.41) is 9.30. The lowest BCUT2D eigenvalue weighted by Crippen LogP contribution is -2.13. The first kappa shape index (κ1) is 11.2. The van der Waals surface area contributed by atoms with Crippen molar-refractivity contribution in [3.05, 3.63) is 41.7 Å². The Bertz CT molecular complexity index is 521. The summed E-state index contributed by atoms with van der Waals surface area (Å²) in [6.45, 7) is 1.89. The molecular weight excluding hydrogens is 218 g/mol. The molecule has 1 aromatic carbocycles. The fourth-order valence-electron chi connectivity index (χ4n) is 1.53. The van der Waals surface area contributed by atoms with Crippen molar-refractivity contribution in [3.8, 4) is 0 Å². The predicted octanol–water partition coefficient (Wildman–Crippen LogP) is 2.28. The van der Waals surface area contributed by atoms with Crippen LogP contribution in [0.2, 0.25) is 0 Å². The van der Waals surface area contributed by atoms with E-state index in [2.05, 4.69) is 20.3 Å². The molecule has 1 amide bonds. The molecule has 0 fully saturated rings. The van der Waals surface area contributed by atoms with Gasteiger partial charge in [-0.1, -0.05) is 5.16 Å². The summed E-state index contributed by atoms with van der Waals surface area (Å²) < 4.78 is 4.64. The van der Waals surface area contributed by atoms with Crippen LogP contribution in [0.1, 0.15) is 15.9 Å². The maximum atomic E-state index is 11.9. The van der Waals surface area contributed by atoms with Gasteiger partial charge in [0.1, 0.15) is 6.26 Å². The first-order chi connectivity index (χ1) is 8.20. The molecule has 5 heteroatoms. The Morgan fingerprint density at radius 3 is 2.76 bits per heavy atom. The highest BCUT2D eigenvalue weighted by Crippen LogP contribution is 2.16. The van der Waals surface area contributed by atoms with Gasteiger partial charge in [0.2, 0.25) is 0 Å². The molecule has 0 aliphatic heterocycles. The van der Waals surface area contributed by atoms with Crippen molar-refractivity contribution in [1.82, 2.24) is 5.16 Å². The van der Waals surface area contributed by atoms with Gasteiger partial charge in [-0.15, -0.1) is 0 Å². The SMILES string of the molecule is CNc1ccc(C(=O)Nc2ccon2)c(C)c1. The molecule has 1 heterocycles. The monoisotopic (exact) mass is 231 g/mol. The molecule has 2 rings (SSSR count). The average molecular weight is 231 g/mol.